The standard InChI is InChI=1S/C23H21N5O3S/c1-16-5-2-3-7-19(16)23-24-26-28(25-23)15-22(29)27(14-18-6-4-12-32-18)17-8-9-20-21(13-17)31-11-10-30-20/h2-9,12-13H,10-11,14-15H2,1H3. The first-order valence-electron chi connectivity index (χ1n) is 10.2. The second-order valence-corrected chi connectivity index (χ2v) is 8.38. The smallest absolute Gasteiger partial charge is 0.250 e. The van der Waals surface area contributed by atoms with Gasteiger partial charge in [-0.2, -0.15) is 4.80 Å². The number of thiophene rings is 1. The highest BCUT2D eigenvalue weighted by atomic mass is 32.1. The molecular weight excluding hydrogens is 426 g/mol. The van der Waals surface area contributed by atoms with Crippen LogP contribution in [0.2, 0.25) is 0 Å². The zero-order valence-electron chi connectivity index (χ0n) is 17.5. The lowest BCUT2D eigenvalue weighted by molar-refractivity contribution is -0.119. The monoisotopic (exact) mass is 447 g/mol. The van der Waals surface area contributed by atoms with E-state index in [1.54, 1.807) is 16.2 Å². The SMILES string of the molecule is Cc1ccccc1-c1nnn(CC(=O)N(Cc2cccs2)c2ccc3c(c2)OCCO3)n1. The normalized spacial score (nSPS) is 12.5. The number of benzene rings is 2. The van der Waals surface area contributed by atoms with Crippen molar-refractivity contribution in [1.82, 2.24) is 20.2 Å². The van der Waals surface area contributed by atoms with Crippen molar-refractivity contribution in [3.63, 3.8) is 0 Å². The summed E-state index contributed by atoms with van der Waals surface area (Å²) in [5, 5.41) is 14.7. The van der Waals surface area contributed by atoms with Gasteiger partial charge in [-0.05, 0) is 41.3 Å². The van der Waals surface area contributed by atoms with Crippen LogP contribution in [0.3, 0.4) is 0 Å². The molecule has 5 rings (SSSR count). The van der Waals surface area contributed by atoms with E-state index in [1.165, 1.54) is 4.80 Å². The number of hydrogen-bond donors (Lipinski definition) is 0. The van der Waals surface area contributed by atoms with Crippen LogP contribution >= 0.6 is 11.3 Å². The summed E-state index contributed by atoms with van der Waals surface area (Å²) in [5.41, 5.74) is 2.68. The average Bonchev–Trinajstić information content (AvgIpc) is 3.50. The lowest BCUT2D eigenvalue weighted by Crippen LogP contribution is -2.34. The number of aryl methyl sites for hydroxylation is 1. The highest BCUT2D eigenvalue weighted by molar-refractivity contribution is 7.09. The summed E-state index contributed by atoms with van der Waals surface area (Å²) < 4.78 is 11.3. The molecule has 0 unspecified atom stereocenters. The number of ether oxygens (including phenoxy) is 2. The first-order chi connectivity index (χ1) is 15.7. The first kappa shape index (κ1) is 20.2. The van der Waals surface area contributed by atoms with Crippen LogP contribution in [0.25, 0.3) is 11.4 Å². The Kier molecular flexibility index (Phi) is 5.55. The van der Waals surface area contributed by atoms with Gasteiger partial charge in [0.15, 0.2) is 11.5 Å². The summed E-state index contributed by atoms with van der Waals surface area (Å²) in [7, 11) is 0. The van der Waals surface area contributed by atoms with Crippen LogP contribution in [-0.2, 0) is 17.9 Å². The largest absolute Gasteiger partial charge is 0.486 e. The zero-order chi connectivity index (χ0) is 21.9. The molecule has 0 N–H and O–H groups in total. The Hall–Kier alpha value is -3.72. The van der Waals surface area contributed by atoms with Gasteiger partial charge in [-0.1, -0.05) is 30.3 Å². The molecular formula is C23H21N5O3S. The molecule has 0 aliphatic carbocycles. The van der Waals surface area contributed by atoms with Gasteiger partial charge in [-0.15, -0.1) is 21.5 Å². The Bertz CT molecular complexity index is 1240. The third kappa shape index (κ3) is 4.19. The molecule has 2 aromatic heterocycles. The maximum Gasteiger partial charge on any atom is 0.250 e. The van der Waals surface area contributed by atoms with Crippen molar-refractivity contribution in [3.8, 4) is 22.9 Å². The van der Waals surface area contributed by atoms with E-state index in [1.807, 2.05) is 66.9 Å². The van der Waals surface area contributed by atoms with Gasteiger partial charge in [0.25, 0.3) is 5.91 Å². The fraction of sp³-hybridized carbons (Fsp3) is 0.217. The maximum atomic E-state index is 13.3. The second kappa shape index (κ2) is 8.80. The molecule has 1 aliphatic heterocycles. The Morgan fingerprint density at radius 3 is 2.75 bits per heavy atom. The van der Waals surface area contributed by atoms with Crippen molar-refractivity contribution in [2.45, 2.75) is 20.0 Å². The molecule has 4 aromatic rings. The number of carbonyl (C=O) groups is 1. The van der Waals surface area contributed by atoms with E-state index in [4.69, 9.17) is 9.47 Å². The third-order valence-corrected chi connectivity index (χ3v) is 6.01. The van der Waals surface area contributed by atoms with Gasteiger partial charge < -0.3 is 14.4 Å². The van der Waals surface area contributed by atoms with Gasteiger partial charge in [-0.25, -0.2) is 0 Å². The topological polar surface area (TPSA) is 82.4 Å². The Labute approximate surface area is 189 Å². The Morgan fingerprint density at radius 1 is 1.09 bits per heavy atom. The number of nitrogens with zero attached hydrogens (tertiary/aromatic N) is 5. The molecule has 2 aromatic carbocycles. The molecule has 0 saturated heterocycles. The predicted molar refractivity (Wildman–Crippen MR) is 121 cm³/mol. The zero-order valence-corrected chi connectivity index (χ0v) is 18.3. The van der Waals surface area contributed by atoms with Gasteiger partial charge in [0.05, 0.1) is 6.54 Å². The Balaban J connectivity index is 1.41. The number of fused-ring (bicyclic) bond motifs is 1. The van der Waals surface area contributed by atoms with Gasteiger partial charge in [0.1, 0.15) is 19.8 Å². The predicted octanol–water partition coefficient (Wildman–Crippen LogP) is 3.71. The van der Waals surface area contributed by atoms with Crippen molar-refractivity contribution in [1.29, 1.82) is 0 Å². The molecule has 0 fully saturated rings. The summed E-state index contributed by atoms with van der Waals surface area (Å²) >= 11 is 1.60. The number of aromatic nitrogens is 4. The maximum absolute atomic E-state index is 13.3. The highest BCUT2D eigenvalue weighted by Crippen LogP contribution is 2.34. The number of carbonyl (C=O) groups excluding carboxylic acids is 1. The van der Waals surface area contributed by atoms with Gasteiger partial charge in [0, 0.05) is 22.2 Å². The molecule has 0 bridgehead atoms. The second-order valence-electron chi connectivity index (χ2n) is 7.35. The molecule has 0 saturated carbocycles. The van der Waals surface area contributed by atoms with Crippen LogP contribution in [0, 0.1) is 6.92 Å². The molecule has 1 aliphatic rings. The molecule has 0 spiro atoms. The van der Waals surface area contributed by atoms with Crippen LogP contribution in [-0.4, -0.2) is 39.3 Å². The summed E-state index contributed by atoms with van der Waals surface area (Å²) in [4.78, 5) is 17.5. The number of anilines is 1. The van der Waals surface area contributed by atoms with Crippen molar-refractivity contribution < 1.29 is 14.3 Å². The van der Waals surface area contributed by atoms with Gasteiger partial charge in [0.2, 0.25) is 5.82 Å². The lowest BCUT2D eigenvalue weighted by Gasteiger charge is -2.25. The number of tetrazole rings is 1. The number of amides is 1. The molecule has 162 valence electrons. The highest BCUT2D eigenvalue weighted by Gasteiger charge is 2.22. The molecule has 8 nitrogen and oxygen atoms in total. The fourth-order valence-electron chi connectivity index (χ4n) is 3.53. The van der Waals surface area contributed by atoms with E-state index in [0.717, 1.165) is 21.7 Å². The van der Waals surface area contributed by atoms with E-state index in [2.05, 4.69) is 15.4 Å². The molecule has 0 radical (unpaired) electrons. The molecule has 1 amide bonds. The molecule has 9 heteroatoms. The quantitative estimate of drug-likeness (QED) is 0.448. The minimum absolute atomic E-state index is 0.0291. The summed E-state index contributed by atoms with van der Waals surface area (Å²) in [6.45, 7) is 3.41. The van der Waals surface area contributed by atoms with Crippen LogP contribution in [0.4, 0.5) is 5.69 Å². The average molecular weight is 448 g/mol. The summed E-state index contributed by atoms with van der Waals surface area (Å²) in [5.74, 6) is 1.67. The minimum Gasteiger partial charge on any atom is -0.486 e. The fourth-order valence-corrected chi connectivity index (χ4v) is 4.22. The van der Waals surface area contributed by atoms with Gasteiger partial charge >= 0.3 is 0 Å². The molecule has 0 atom stereocenters. The van der Waals surface area contributed by atoms with E-state index < -0.39 is 0 Å². The first-order valence-corrected chi connectivity index (χ1v) is 11.1. The summed E-state index contributed by atoms with van der Waals surface area (Å²) in [6, 6.07) is 17.3. The molecule has 32 heavy (non-hydrogen) atoms. The van der Waals surface area contributed by atoms with Crippen molar-refractivity contribution >= 4 is 22.9 Å². The molecule has 3 heterocycles. The van der Waals surface area contributed by atoms with Crippen LogP contribution < -0.4 is 14.4 Å². The van der Waals surface area contributed by atoms with E-state index >= 15 is 0 Å². The Morgan fingerprint density at radius 2 is 1.94 bits per heavy atom. The van der Waals surface area contributed by atoms with Crippen molar-refractivity contribution in [2.75, 3.05) is 18.1 Å². The van der Waals surface area contributed by atoms with Crippen molar-refractivity contribution in [3.05, 3.63) is 70.4 Å². The van der Waals surface area contributed by atoms with Crippen LogP contribution in [0.15, 0.2) is 60.0 Å². The minimum atomic E-state index is -0.149. The third-order valence-electron chi connectivity index (χ3n) is 5.15. The van der Waals surface area contributed by atoms with Crippen LogP contribution in [0.5, 0.6) is 11.5 Å². The summed E-state index contributed by atoms with van der Waals surface area (Å²) in [6.07, 6.45) is 0. The van der Waals surface area contributed by atoms with E-state index in [9.17, 15) is 4.79 Å². The van der Waals surface area contributed by atoms with Crippen LogP contribution in [0.1, 0.15) is 10.4 Å². The van der Waals surface area contributed by atoms with E-state index in [0.29, 0.717) is 37.1 Å². The van der Waals surface area contributed by atoms with Gasteiger partial charge in [-0.3, -0.25) is 4.79 Å². The lowest BCUT2D eigenvalue weighted by atomic mass is 10.1. The number of hydrogen-bond acceptors (Lipinski definition) is 7. The van der Waals surface area contributed by atoms with E-state index in [-0.39, 0.29) is 12.5 Å². The number of rotatable bonds is 6. The van der Waals surface area contributed by atoms with Crippen molar-refractivity contribution in [2.24, 2.45) is 0 Å².